The largest absolute Gasteiger partial charge is 0.493 e. The topological polar surface area (TPSA) is 90.6 Å². The van der Waals surface area contributed by atoms with Crippen molar-refractivity contribution in [2.45, 2.75) is 6.04 Å². The Kier molecular flexibility index (Phi) is 6.63. The summed E-state index contributed by atoms with van der Waals surface area (Å²) in [6.45, 7) is 0. The van der Waals surface area contributed by atoms with Crippen molar-refractivity contribution in [2.24, 2.45) is 5.73 Å². The minimum Gasteiger partial charge on any atom is -0.493 e. The molecule has 0 radical (unpaired) electrons. The Morgan fingerprint density at radius 3 is 2.42 bits per heavy atom. The van der Waals surface area contributed by atoms with Crippen LogP contribution in [-0.4, -0.2) is 26.0 Å². The Labute approximate surface area is 156 Å². The number of nitrogens with one attached hydrogen (secondary N) is 1. The molecule has 26 heavy (non-hydrogen) atoms. The molecule has 1 unspecified atom stereocenters. The molecule has 0 saturated heterocycles. The van der Waals surface area contributed by atoms with Gasteiger partial charge in [-0.05, 0) is 29.3 Å². The molecule has 2 aromatic carbocycles. The van der Waals surface area contributed by atoms with Crippen LogP contribution in [0.25, 0.3) is 6.08 Å². The highest BCUT2D eigenvalue weighted by atomic mass is 35.5. The molecule has 0 fully saturated rings. The smallest absolute Gasteiger partial charge is 0.244 e. The lowest BCUT2D eigenvalue weighted by Crippen LogP contribution is -2.36. The van der Waals surface area contributed by atoms with E-state index >= 15 is 0 Å². The molecule has 136 valence electrons. The highest BCUT2D eigenvalue weighted by molar-refractivity contribution is 6.32. The normalized spacial score (nSPS) is 11.8. The van der Waals surface area contributed by atoms with Crippen LogP contribution in [0.5, 0.6) is 11.5 Å². The molecule has 0 aliphatic rings. The summed E-state index contributed by atoms with van der Waals surface area (Å²) in [6.07, 6.45) is 2.84. The minimum atomic E-state index is -0.914. The third-order valence-electron chi connectivity index (χ3n) is 3.59. The Morgan fingerprint density at radius 2 is 1.85 bits per heavy atom. The molecule has 0 spiro atoms. The number of halogens is 1. The highest BCUT2D eigenvalue weighted by Crippen LogP contribution is 2.36. The third-order valence-corrected chi connectivity index (χ3v) is 3.87. The fourth-order valence-corrected chi connectivity index (χ4v) is 2.66. The Bertz CT molecular complexity index is 822. The molecule has 0 bridgehead atoms. The van der Waals surface area contributed by atoms with Crippen LogP contribution in [-0.2, 0) is 9.59 Å². The van der Waals surface area contributed by atoms with Crippen molar-refractivity contribution in [3.63, 3.8) is 0 Å². The van der Waals surface area contributed by atoms with Gasteiger partial charge in [0.25, 0.3) is 0 Å². The number of hydrogen-bond acceptors (Lipinski definition) is 4. The molecule has 6 nitrogen and oxygen atoms in total. The summed E-state index contributed by atoms with van der Waals surface area (Å²) in [6, 6.07) is 11.2. The zero-order valence-corrected chi connectivity index (χ0v) is 15.1. The lowest BCUT2D eigenvalue weighted by Gasteiger charge is -2.14. The lowest BCUT2D eigenvalue weighted by atomic mass is 10.1. The first kappa shape index (κ1) is 19.3. The monoisotopic (exact) mass is 374 g/mol. The van der Waals surface area contributed by atoms with Gasteiger partial charge in [0.1, 0.15) is 6.04 Å². The summed E-state index contributed by atoms with van der Waals surface area (Å²) in [7, 11) is 2.98. The zero-order valence-electron chi connectivity index (χ0n) is 14.4. The Hall–Kier alpha value is -2.99. The molecule has 1 atom stereocenters. The number of primary amides is 1. The Morgan fingerprint density at radius 1 is 1.15 bits per heavy atom. The predicted octanol–water partition coefficient (Wildman–Crippen LogP) is 2.71. The van der Waals surface area contributed by atoms with Gasteiger partial charge in [-0.2, -0.15) is 0 Å². The summed E-state index contributed by atoms with van der Waals surface area (Å²) in [4.78, 5) is 23.8. The standard InChI is InChI=1S/C19H19ClN2O4/c1-25-15-11-12(10-14(20)18(15)26-2)8-9-16(23)22-17(19(21)24)13-6-4-3-5-7-13/h3-11,17H,1-2H3,(H2,21,24)(H,22,23)/b9-8+. The first-order valence-corrected chi connectivity index (χ1v) is 8.08. The number of carbonyl (C=O) groups is 2. The number of carbonyl (C=O) groups excluding carboxylic acids is 2. The number of amides is 2. The van der Waals surface area contributed by atoms with Crippen LogP contribution in [0.2, 0.25) is 5.02 Å². The van der Waals surface area contributed by atoms with E-state index < -0.39 is 17.9 Å². The first-order valence-electron chi connectivity index (χ1n) is 7.70. The first-order chi connectivity index (χ1) is 12.5. The second-order valence-electron chi connectivity index (χ2n) is 5.33. The minimum absolute atomic E-state index is 0.353. The van der Waals surface area contributed by atoms with E-state index in [-0.39, 0.29) is 0 Å². The van der Waals surface area contributed by atoms with Crippen LogP contribution in [0.15, 0.2) is 48.5 Å². The van der Waals surface area contributed by atoms with Crippen molar-refractivity contribution in [2.75, 3.05) is 14.2 Å². The molecule has 3 N–H and O–H groups in total. The van der Waals surface area contributed by atoms with Crippen molar-refractivity contribution in [3.8, 4) is 11.5 Å². The number of nitrogens with two attached hydrogens (primary N) is 1. The van der Waals surface area contributed by atoms with Crippen LogP contribution < -0.4 is 20.5 Å². The van der Waals surface area contributed by atoms with Gasteiger partial charge in [-0.3, -0.25) is 9.59 Å². The van der Waals surface area contributed by atoms with Gasteiger partial charge < -0.3 is 20.5 Å². The fourth-order valence-electron chi connectivity index (χ4n) is 2.36. The van der Waals surface area contributed by atoms with E-state index in [0.29, 0.717) is 27.6 Å². The van der Waals surface area contributed by atoms with E-state index in [1.807, 2.05) is 6.07 Å². The van der Waals surface area contributed by atoms with Crippen LogP contribution in [0.1, 0.15) is 17.2 Å². The van der Waals surface area contributed by atoms with Crippen molar-refractivity contribution in [3.05, 3.63) is 64.7 Å². The van der Waals surface area contributed by atoms with Gasteiger partial charge in [0.15, 0.2) is 11.5 Å². The third kappa shape index (κ3) is 4.77. The van der Waals surface area contributed by atoms with Crippen LogP contribution >= 0.6 is 11.6 Å². The second kappa shape index (κ2) is 8.92. The molecule has 0 heterocycles. The summed E-state index contributed by atoms with van der Waals surface area (Å²) in [5.74, 6) is -0.260. The van der Waals surface area contributed by atoms with Gasteiger partial charge >= 0.3 is 0 Å². The van der Waals surface area contributed by atoms with Gasteiger partial charge in [0.2, 0.25) is 11.8 Å². The molecular formula is C19H19ClN2O4. The molecule has 2 rings (SSSR count). The van der Waals surface area contributed by atoms with Gasteiger partial charge in [0.05, 0.1) is 19.2 Å². The summed E-state index contributed by atoms with van der Waals surface area (Å²) in [5.41, 5.74) is 6.63. The summed E-state index contributed by atoms with van der Waals surface area (Å²) >= 11 is 6.13. The number of hydrogen-bond donors (Lipinski definition) is 2. The van der Waals surface area contributed by atoms with Crippen molar-refractivity contribution >= 4 is 29.5 Å². The SMILES string of the molecule is COc1cc(/C=C/C(=O)NC(C(N)=O)c2ccccc2)cc(Cl)c1OC. The van der Waals surface area contributed by atoms with E-state index in [1.165, 1.54) is 20.3 Å². The summed E-state index contributed by atoms with van der Waals surface area (Å²) < 4.78 is 10.4. The molecular weight excluding hydrogens is 356 g/mol. The second-order valence-corrected chi connectivity index (χ2v) is 5.73. The van der Waals surface area contributed by atoms with Gasteiger partial charge in [-0.1, -0.05) is 41.9 Å². The number of rotatable bonds is 7. The average molecular weight is 375 g/mol. The van der Waals surface area contributed by atoms with Crippen molar-refractivity contribution in [1.82, 2.24) is 5.32 Å². The van der Waals surface area contributed by atoms with E-state index in [9.17, 15) is 9.59 Å². The quantitative estimate of drug-likeness (QED) is 0.729. The van der Waals surface area contributed by atoms with Gasteiger partial charge in [-0.15, -0.1) is 0 Å². The van der Waals surface area contributed by atoms with E-state index in [0.717, 1.165) is 0 Å². The maximum absolute atomic E-state index is 12.2. The summed E-state index contributed by atoms with van der Waals surface area (Å²) in [5, 5.41) is 2.93. The van der Waals surface area contributed by atoms with Crippen LogP contribution in [0.4, 0.5) is 0 Å². The highest BCUT2D eigenvalue weighted by Gasteiger charge is 2.18. The lowest BCUT2D eigenvalue weighted by molar-refractivity contribution is -0.125. The zero-order chi connectivity index (χ0) is 19.1. The predicted molar refractivity (Wildman–Crippen MR) is 100 cm³/mol. The average Bonchev–Trinajstić information content (AvgIpc) is 2.64. The van der Waals surface area contributed by atoms with Crippen molar-refractivity contribution in [1.29, 1.82) is 0 Å². The van der Waals surface area contributed by atoms with E-state index in [2.05, 4.69) is 5.32 Å². The van der Waals surface area contributed by atoms with E-state index in [1.54, 1.807) is 42.5 Å². The maximum atomic E-state index is 12.2. The van der Waals surface area contributed by atoms with Crippen LogP contribution in [0, 0.1) is 0 Å². The molecule has 0 aliphatic carbocycles. The van der Waals surface area contributed by atoms with Gasteiger partial charge in [-0.25, -0.2) is 0 Å². The number of ether oxygens (including phenoxy) is 2. The molecule has 7 heteroatoms. The molecule has 2 amide bonds. The molecule has 2 aromatic rings. The molecule has 0 saturated carbocycles. The number of benzene rings is 2. The van der Waals surface area contributed by atoms with Crippen LogP contribution in [0.3, 0.4) is 0 Å². The molecule has 0 aromatic heterocycles. The maximum Gasteiger partial charge on any atom is 0.244 e. The van der Waals surface area contributed by atoms with E-state index in [4.69, 9.17) is 26.8 Å². The number of methoxy groups -OCH3 is 2. The van der Waals surface area contributed by atoms with Crippen molar-refractivity contribution < 1.29 is 19.1 Å². The Balaban J connectivity index is 2.16. The molecule has 0 aliphatic heterocycles. The fraction of sp³-hybridized carbons (Fsp3) is 0.158. The van der Waals surface area contributed by atoms with Gasteiger partial charge in [0, 0.05) is 6.08 Å².